The lowest BCUT2D eigenvalue weighted by Crippen LogP contribution is -2.05. The molecule has 16 heavy (non-hydrogen) atoms. The summed E-state index contributed by atoms with van der Waals surface area (Å²) in [5.74, 6) is 0.370. The Hall–Kier alpha value is -0.540. The van der Waals surface area contributed by atoms with Crippen LogP contribution in [0.2, 0.25) is 0 Å². The minimum Gasteiger partial charge on any atom is -0.506 e. The molecule has 88 valence electrons. The molecule has 0 saturated carbocycles. The van der Waals surface area contributed by atoms with E-state index in [1.807, 2.05) is 0 Å². The number of aliphatic hydroxyl groups is 1. The van der Waals surface area contributed by atoms with Gasteiger partial charge in [0.1, 0.15) is 5.75 Å². The first-order chi connectivity index (χ1) is 7.74. The van der Waals surface area contributed by atoms with E-state index < -0.39 is 0 Å². The molecule has 0 atom stereocenters. The van der Waals surface area contributed by atoms with E-state index in [2.05, 4.69) is 22.0 Å². The molecule has 0 radical (unpaired) electrons. The van der Waals surface area contributed by atoms with Crippen LogP contribution in [-0.4, -0.2) is 16.8 Å². The van der Waals surface area contributed by atoms with Crippen molar-refractivity contribution >= 4 is 15.9 Å². The standard InChI is InChI=1S/C13H17BrO2/c14-12-11-6-2-1-4-9(11)8-10(13(12)16)5-3-7-15/h8,15-16H,1-7H2. The van der Waals surface area contributed by atoms with Crippen LogP contribution in [-0.2, 0) is 19.3 Å². The molecule has 1 aromatic rings. The van der Waals surface area contributed by atoms with E-state index in [9.17, 15) is 5.11 Å². The maximum atomic E-state index is 10.1. The van der Waals surface area contributed by atoms with Crippen LogP contribution in [0.1, 0.15) is 36.0 Å². The van der Waals surface area contributed by atoms with Crippen LogP contribution in [0.5, 0.6) is 5.75 Å². The summed E-state index contributed by atoms with van der Waals surface area (Å²) < 4.78 is 0.873. The Labute approximate surface area is 104 Å². The maximum absolute atomic E-state index is 10.1. The number of phenolic OH excluding ortho intramolecular Hbond substituents is 1. The third-order valence-corrected chi connectivity index (χ3v) is 4.09. The molecule has 0 aliphatic heterocycles. The third-order valence-electron chi connectivity index (χ3n) is 3.24. The van der Waals surface area contributed by atoms with E-state index in [1.165, 1.54) is 24.0 Å². The van der Waals surface area contributed by atoms with Crippen molar-refractivity contribution in [2.75, 3.05) is 6.61 Å². The Morgan fingerprint density at radius 2 is 2.00 bits per heavy atom. The Bertz CT molecular complexity index is 388. The highest BCUT2D eigenvalue weighted by Gasteiger charge is 2.17. The van der Waals surface area contributed by atoms with Crippen molar-refractivity contribution in [3.8, 4) is 5.75 Å². The van der Waals surface area contributed by atoms with Crippen molar-refractivity contribution in [2.45, 2.75) is 38.5 Å². The summed E-state index contributed by atoms with van der Waals surface area (Å²) in [6.45, 7) is 0.175. The van der Waals surface area contributed by atoms with Crippen LogP contribution in [0.4, 0.5) is 0 Å². The SMILES string of the molecule is OCCCc1cc2c(c(Br)c1O)CCCC2. The maximum Gasteiger partial charge on any atom is 0.133 e. The summed E-state index contributed by atoms with van der Waals surface area (Å²) in [5.41, 5.74) is 3.60. The summed E-state index contributed by atoms with van der Waals surface area (Å²) in [6.07, 6.45) is 6.07. The van der Waals surface area contributed by atoms with Gasteiger partial charge >= 0.3 is 0 Å². The van der Waals surface area contributed by atoms with Crippen LogP contribution in [0.25, 0.3) is 0 Å². The molecule has 3 heteroatoms. The highest BCUT2D eigenvalue weighted by atomic mass is 79.9. The van der Waals surface area contributed by atoms with Gasteiger partial charge in [-0.1, -0.05) is 6.07 Å². The van der Waals surface area contributed by atoms with Crippen LogP contribution in [0, 0.1) is 0 Å². The first-order valence-corrected chi connectivity index (χ1v) is 6.66. The van der Waals surface area contributed by atoms with Gasteiger partial charge in [0.15, 0.2) is 0 Å². The molecule has 0 saturated heterocycles. The summed E-state index contributed by atoms with van der Waals surface area (Å²) in [6, 6.07) is 2.12. The van der Waals surface area contributed by atoms with E-state index in [0.717, 1.165) is 29.3 Å². The van der Waals surface area contributed by atoms with Gasteiger partial charge in [-0.15, -0.1) is 0 Å². The van der Waals surface area contributed by atoms with Crippen molar-refractivity contribution in [3.05, 3.63) is 27.2 Å². The smallest absolute Gasteiger partial charge is 0.133 e. The van der Waals surface area contributed by atoms with Crippen LogP contribution < -0.4 is 0 Å². The second-order valence-corrected chi connectivity index (χ2v) is 5.16. The van der Waals surface area contributed by atoms with Gasteiger partial charge in [0, 0.05) is 6.61 Å². The molecule has 1 aliphatic carbocycles. The molecule has 0 spiro atoms. The number of benzene rings is 1. The lowest BCUT2D eigenvalue weighted by Gasteiger charge is -2.20. The van der Waals surface area contributed by atoms with Crippen molar-refractivity contribution in [2.24, 2.45) is 0 Å². The number of hydrogen-bond acceptors (Lipinski definition) is 2. The third kappa shape index (κ3) is 2.25. The van der Waals surface area contributed by atoms with Crippen molar-refractivity contribution in [1.29, 1.82) is 0 Å². The highest BCUT2D eigenvalue weighted by molar-refractivity contribution is 9.10. The number of aryl methyl sites for hydroxylation is 2. The second kappa shape index (κ2) is 5.19. The van der Waals surface area contributed by atoms with Crippen molar-refractivity contribution in [3.63, 3.8) is 0 Å². The minimum atomic E-state index is 0.175. The molecule has 2 rings (SSSR count). The molecule has 0 aromatic heterocycles. The summed E-state index contributed by atoms with van der Waals surface area (Å²) >= 11 is 3.50. The average Bonchev–Trinajstić information content (AvgIpc) is 2.32. The molecule has 1 aliphatic rings. The number of aliphatic hydroxyl groups excluding tert-OH is 1. The molecular formula is C13H17BrO2. The lowest BCUT2D eigenvalue weighted by molar-refractivity contribution is 0.288. The number of phenols is 1. The van der Waals surface area contributed by atoms with E-state index in [0.29, 0.717) is 12.2 Å². The predicted octanol–water partition coefficient (Wildman–Crippen LogP) is 2.96. The largest absolute Gasteiger partial charge is 0.506 e. The molecule has 0 amide bonds. The first-order valence-electron chi connectivity index (χ1n) is 5.87. The molecule has 0 bridgehead atoms. The summed E-state index contributed by atoms with van der Waals surface area (Å²) in [7, 11) is 0. The zero-order valence-corrected chi connectivity index (χ0v) is 10.9. The quantitative estimate of drug-likeness (QED) is 0.896. The molecule has 1 aromatic carbocycles. The van der Waals surface area contributed by atoms with Gasteiger partial charge in [-0.2, -0.15) is 0 Å². The van der Waals surface area contributed by atoms with Crippen molar-refractivity contribution in [1.82, 2.24) is 0 Å². The van der Waals surface area contributed by atoms with Gasteiger partial charge in [-0.3, -0.25) is 0 Å². The number of aromatic hydroxyl groups is 1. The fourth-order valence-corrected chi connectivity index (χ4v) is 3.07. The van der Waals surface area contributed by atoms with Gasteiger partial charge in [-0.25, -0.2) is 0 Å². The van der Waals surface area contributed by atoms with Crippen LogP contribution >= 0.6 is 15.9 Å². The lowest BCUT2D eigenvalue weighted by atomic mass is 9.89. The molecule has 2 nitrogen and oxygen atoms in total. The van der Waals surface area contributed by atoms with E-state index in [-0.39, 0.29) is 6.61 Å². The van der Waals surface area contributed by atoms with Gasteiger partial charge in [0.25, 0.3) is 0 Å². The van der Waals surface area contributed by atoms with Gasteiger partial charge < -0.3 is 10.2 Å². The molecular weight excluding hydrogens is 268 g/mol. The molecule has 0 fully saturated rings. The Morgan fingerprint density at radius 3 is 2.75 bits per heavy atom. The summed E-state index contributed by atoms with van der Waals surface area (Å²) in [5, 5.41) is 18.9. The zero-order valence-electron chi connectivity index (χ0n) is 9.30. The van der Waals surface area contributed by atoms with Gasteiger partial charge in [0.05, 0.1) is 4.47 Å². The van der Waals surface area contributed by atoms with E-state index in [1.54, 1.807) is 0 Å². The molecule has 0 heterocycles. The second-order valence-electron chi connectivity index (χ2n) is 4.37. The predicted molar refractivity (Wildman–Crippen MR) is 67.9 cm³/mol. The number of hydrogen-bond donors (Lipinski definition) is 2. The molecule has 2 N–H and O–H groups in total. The number of halogens is 1. The van der Waals surface area contributed by atoms with Gasteiger partial charge in [-0.05, 0) is 71.1 Å². The Kier molecular flexibility index (Phi) is 3.87. The average molecular weight is 285 g/mol. The number of rotatable bonds is 3. The Balaban J connectivity index is 2.36. The normalized spacial score (nSPS) is 14.9. The zero-order chi connectivity index (χ0) is 11.5. The topological polar surface area (TPSA) is 40.5 Å². The minimum absolute atomic E-state index is 0.175. The van der Waals surface area contributed by atoms with E-state index in [4.69, 9.17) is 5.11 Å². The Morgan fingerprint density at radius 1 is 1.25 bits per heavy atom. The fourth-order valence-electron chi connectivity index (χ4n) is 2.36. The number of fused-ring (bicyclic) bond motifs is 1. The first kappa shape index (κ1) is 11.9. The van der Waals surface area contributed by atoms with Crippen LogP contribution in [0.3, 0.4) is 0 Å². The van der Waals surface area contributed by atoms with Gasteiger partial charge in [0.2, 0.25) is 0 Å². The molecule has 0 unspecified atom stereocenters. The summed E-state index contributed by atoms with van der Waals surface area (Å²) in [4.78, 5) is 0. The van der Waals surface area contributed by atoms with Crippen molar-refractivity contribution < 1.29 is 10.2 Å². The highest BCUT2D eigenvalue weighted by Crippen LogP contribution is 2.38. The fraction of sp³-hybridized carbons (Fsp3) is 0.538. The monoisotopic (exact) mass is 284 g/mol. The van der Waals surface area contributed by atoms with Crippen LogP contribution in [0.15, 0.2) is 10.5 Å². The van der Waals surface area contributed by atoms with E-state index >= 15 is 0 Å².